The van der Waals surface area contributed by atoms with Gasteiger partial charge in [-0.1, -0.05) is 47.5 Å². The van der Waals surface area contributed by atoms with Crippen LogP contribution in [0.5, 0.6) is 11.5 Å². The average molecular weight is 822 g/mol. The van der Waals surface area contributed by atoms with Crippen LogP contribution < -0.4 is 9.47 Å². The van der Waals surface area contributed by atoms with E-state index in [2.05, 4.69) is 55.2 Å². The Hall–Kier alpha value is -4.08. The van der Waals surface area contributed by atoms with E-state index < -0.39 is 12.2 Å². The average Bonchev–Trinajstić information content (AvgIpc) is 4.19. The van der Waals surface area contributed by atoms with Crippen molar-refractivity contribution in [3.63, 3.8) is 0 Å². The summed E-state index contributed by atoms with van der Waals surface area (Å²) in [5, 5.41) is 24.2. The Morgan fingerprint density at radius 2 is 0.914 bits per heavy atom. The molecule has 0 saturated heterocycles. The van der Waals surface area contributed by atoms with Crippen LogP contribution in [0.3, 0.4) is 0 Å². The van der Waals surface area contributed by atoms with Gasteiger partial charge in [-0.05, 0) is 171 Å². The number of hydrogen-bond donors (Lipinski definition) is 2. The largest absolute Gasteiger partial charge is 0.495 e. The van der Waals surface area contributed by atoms with E-state index >= 15 is 0 Å². The molecule has 10 rings (SSSR count). The first-order valence-electron chi connectivity index (χ1n) is 21.2. The molecule has 10 heteroatoms. The highest BCUT2D eigenvalue weighted by molar-refractivity contribution is 6.32. The van der Waals surface area contributed by atoms with Crippen molar-refractivity contribution in [1.29, 1.82) is 0 Å². The summed E-state index contributed by atoms with van der Waals surface area (Å²) in [6.45, 7) is 0. The summed E-state index contributed by atoms with van der Waals surface area (Å²) in [7, 11) is 3.29. The summed E-state index contributed by atoms with van der Waals surface area (Å²) in [5.74, 6) is 4.20. The molecular weight excluding hydrogens is 767 g/mol. The molecule has 4 fully saturated rings. The minimum Gasteiger partial charge on any atom is -0.495 e. The number of aromatic nitrogens is 4. The lowest BCUT2D eigenvalue weighted by molar-refractivity contribution is 0.0753. The van der Waals surface area contributed by atoms with Gasteiger partial charge in [-0.25, -0.2) is 9.97 Å². The number of halogens is 2. The zero-order valence-corrected chi connectivity index (χ0v) is 35.0. The van der Waals surface area contributed by atoms with Gasteiger partial charge >= 0.3 is 0 Å². The number of aliphatic hydroxyl groups is 2. The lowest BCUT2D eigenvalue weighted by atomic mass is 9.75. The van der Waals surface area contributed by atoms with Crippen LogP contribution in [0.1, 0.15) is 147 Å². The topological polar surface area (TPSA) is 93.5 Å². The molecular formula is C48H54Cl2N4O4. The van der Waals surface area contributed by atoms with Crippen LogP contribution in [0.25, 0.3) is 11.0 Å². The zero-order valence-electron chi connectivity index (χ0n) is 33.4. The van der Waals surface area contributed by atoms with Crippen molar-refractivity contribution in [3.05, 3.63) is 129 Å². The van der Waals surface area contributed by atoms with Gasteiger partial charge in [0.25, 0.3) is 0 Å². The Balaban J connectivity index is 0.000000150. The van der Waals surface area contributed by atoms with Crippen LogP contribution >= 0.6 is 23.2 Å². The molecule has 4 aliphatic rings. The van der Waals surface area contributed by atoms with Crippen LogP contribution in [0.4, 0.5) is 0 Å². The maximum Gasteiger partial charge on any atom is 0.137 e. The molecule has 0 unspecified atom stereocenters. The molecule has 2 atom stereocenters. The van der Waals surface area contributed by atoms with E-state index in [0.29, 0.717) is 33.7 Å². The molecule has 4 heterocycles. The van der Waals surface area contributed by atoms with Crippen molar-refractivity contribution in [2.75, 3.05) is 14.2 Å². The van der Waals surface area contributed by atoms with E-state index in [4.69, 9.17) is 32.7 Å². The first-order valence-corrected chi connectivity index (χ1v) is 22.0. The fraction of sp³-hybridized carbons (Fsp3) is 0.458. The van der Waals surface area contributed by atoms with Crippen molar-refractivity contribution in [1.82, 2.24) is 18.8 Å². The molecule has 0 amide bonds. The Morgan fingerprint density at radius 1 is 0.534 bits per heavy atom. The third kappa shape index (κ3) is 7.98. The summed E-state index contributed by atoms with van der Waals surface area (Å²) < 4.78 is 14.8. The second kappa shape index (κ2) is 16.9. The molecule has 4 aromatic heterocycles. The van der Waals surface area contributed by atoms with Crippen LogP contribution in [-0.4, -0.2) is 43.2 Å². The molecule has 0 bridgehead atoms. The van der Waals surface area contributed by atoms with Gasteiger partial charge in [0.05, 0.1) is 83.9 Å². The van der Waals surface area contributed by atoms with Gasteiger partial charge in [0.1, 0.15) is 11.5 Å². The van der Waals surface area contributed by atoms with E-state index in [1.54, 1.807) is 14.2 Å². The van der Waals surface area contributed by atoms with E-state index in [0.717, 1.165) is 85.3 Å². The van der Waals surface area contributed by atoms with Gasteiger partial charge in [0.2, 0.25) is 0 Å². The van der Waals surface area contributed by atoms with Crippen molar-refractivity contribution in [2.24, 2.45) is 11.8 Å². The summed E-state index contributed by atoms with van der Waals surface area (Å²) in [6.07, 6.45) is 19.8. The quantitative estimate of drug-likeness (QED) is 0.143. The first-order chi connectivity index (χ1) is 28.3. The second-order valence-corrected chi connectivity index (χ2v) is 18.0. The second-order valence-electron chi connectivity index (χ2n) is 17.2. The third-order valence-electron chi connectivity index (χ3n) is 13.6. The highest BCUT2D eigenvalue weighted by Gasteiger charge is 2.36. The number of rotatable bonds is 10. The van der Waals surface area contributed by atoms with Crippen molar-refractivity contribution >= 4 is 34.2 Å². The molecule has 0 aliphatic heterocycles. The number of fused-ring (bicyclic) bond motifs is 2. The summed E-state index contributed by atoms with van der Waals surface area (Å²) in [5.41, 5.74) is 9.43. The monoisotopic (exact) mass is 820 g/mol. The maximum absolute atomic E-state index is 11.4. The van der Waals surface area contributed by atoms with E-state index in [-0.39, 0.29) is 11.8 Å². The highest BCUT2D eigenvalue weighted by Crippen LogP contribution is 2.49. The van der Waals surface area contributed by atoms with E-state index in [9.17, 15) is 10.2 Å². The minimum absolute atomic E-state index is 0.283. The van der Waals surface area contributed by atoms with E-state index in [1.165, 1.54) is 47.9 Å². The standard InChI is InChI=1S/2C24H27ClN2O2/c2*1-29-22-11-8-18(12-21(22)25)15-2-6-17(7-3-15)24(28)23-20(16-4-5-16)10-9-19-13-26-14-27(19)23/h2*8-17,24,28H,2-7H2,1H3/t2*15?,17?,24-/m10/s1. The number of hydrogen-bond acceptors (Lipinski definition) is 6. The van der Waals surface area contributed by atoms with Crippen LogP contribution in [-0.2, 0) is 0 Å². The predicted molar refractivity (Wildman–Crippen MR) is 230 cm³/mol. The molecule has 304 valence electrons. The SMILES string of the molecule is COc1ccc(C2CCC([C@@H](O)c3c(C4CC4)ccc4cncn34)CC2)cc1Cl.COc1ccc(C2CCC([C@H](O)c3c(C4CC4)ccc4cncn34)CC2)cc1Cl. The lowest BCUT2D eigenvalue weighted by Gasteiger charge is -2.33. The Kier molecular flexibility index (Phi) is 11.5. The van der Waals surface area contributed by atoms with E-state index in [1.807, 2.05) is 49.3 Å². The predicted octanol–water partition coefficient (Wildman–Crippen LogP) is 11.8. The summed E-state index contributed by atoms with van der Waals surface area (Å²) in [4.78, 5) is 8.63. The van der Waals surface area contributed by atoms with Gasteiger partial charge in [0.15, 0.2) is 0 Å². The normalized spacial score (nSPS) is 23.3. The van der Waals surface area contributed by atoms with Crippen LogP contribution in [0.15, 0.2) is 85.7 Å². The Labute approximate surface area is 351 Å². The van der Waals surface area contributed by atoms with Crippen molar-refractivity contribution in [3.8, 4) is 11.5 Å². The lowest BCUT2D eigenvalue weighted by Crippen LogP contribution is -2.22. The van der Waals surface area contributed by atoms with Gasteiger partial charge in [-0.15, -0.1) is 0 Å². The number of benzene rings is 2. The van der Waals surface area contributed by atoms with Crippen LogP contribution in [0.2, 0.25) is 10.0 Å². The Bertz CT molecular complexity index is 2200. The van der Waals surface area contributed by atoms with Gasteiger partial charge < -0.3 is 28.5 Å². The molecule has 0 spiro atoms. The summed E-state index contributed by atoms with van der Waals surface area (Å²) >= 11 is 12.7. The number of pyridine rings is 2. The molecule has 0 radical (unpaired) electrons. The molecule has 2 aromatic carbocycles. The van der Waals surface area contributed by atoms with Gasteiger partial charge in [-0.3, -0.25) is 0 Å². The number of ether oxygens (including phenoxy) is 2. The van der Waals surface area contributed by atoms with Crippen LogP contribution in [0, 0.1) is 11.8 Å². The smallest absolute Gasteiger partial charge is 0.137 e. The first kappa shape index (κ1) is 39.4. The zero-order chi connectivity index (χ0) is 39.9. The fourth-order valence-corrected chi connectivity index (χ4v) is 10.6. The van der Waals surface area contributed by atoms with Crippen molar-refractivity contribution < 1.29 is 19.7 Å². The van der Waals surface area contributed by atoms with Gasteiger partial charge in [-0.2, -0.15) is 0 Å². The third-order valence-corrected chi connectivity index (χ3v) is 14.2. The van der Waals surface area contributed by atoms with Gasteiger partial charge in [0, 0.05) is 0 Å². The summed E-state index contributed by atoms with van der Waals surface area (Å²) in [6, 6.07) is 20.9. The number of nitrogens with zero attached hydrogens (tertiary/aromatic N) is 4. The molecule has 8 nitrogen and oxygen atoms in total. The maximum atomic E-state index is 11.4. The Morgan fingerprint density at radius 3 is 1.26 bits per heavy atom. The van der Waals surface area contributed by atoms with Crippen molar-refractivity contribution in [2.45, 2.75) is 113 Å². The molecule has 4 aliphatic carbocycles. The number of aliphatic hydroxyl groups excluding tert-OH is 2. The molecule has 58 heavy (non-hydrogen) atoms. The molecule has 6 aromatic rings. The molecule has 2 N–H and O–H groups in total. The minimum atomic E-state index is -0.441. The number of methoxy groups -OCH3 is 2. The molecule has 4 saturated carbocycles. The highest BCUT2D eigenvalue weighted by atomic mass is 35.5. The fourth-order valence-electron chi connectivity index (χ4n) is 10.0. The number of imidazole rings is 2.